The maximum atomic E-state index is 13.5. The van der Waals surface area contributed by atoms with Gasteiger partial charge in [-0.1, -0.05) is 18.1 Å². The Kier molecular flexibility index (Phi) is 8.02. The van der Waals surface area contributed by atoms with Crippen molar-refractivity contribution in [1.82, 2.24) is 29.5 Å². The van der Waals surface area contributed by atoms with Crippen LogP contribution in [0.5, 0.6) is 0 Å². The third-order valence-electron chi connectivity index (χ3n) is 7.40. The molecule has 1 N–H and O–H groups in total. The van der Waals surface area contributed by atoms with Crippen LogP contribution in [0.15, 0.2) is 29.4 Å². The Hall–Kier alpha value is -2.72. The highest BCUT2D eigenvalue weighted by atomic mass is 32.2. The van der Waals surface area contributed by atoms with Gasteiger partial charge in [-0.05, 0) is 37.5 Å². The number of aromatic nitrogens is 3. The first-order valence-corrected chi connectivity index (χ1v) is 13.8. The molecule has 2 heterocycles. The minimum absolute atomic E-state index is 0.00920. The zero-order valence-electron chi connectivity index (χ0n) is 21.0. The highest BCUT2D eigenvalue weighted by Gasteiger charge is 2.43. The topological polar surface area (TPSA) is 100 Å². The molecule has 0 bridgehead atoms. The minimum atomic E-state index is -5.15. The quantitative estimate of drug-likeness (QED) is 0.503. The number of hydrogen-bond donors (Lipinski definition) is 1. The number of nitrogens with zero attached hydrogens (tertiary/aromatic N) is 5. The van der Waals surface area contributed by atoms with Crippen LogP contribution in [0.25, 0.3) is 0 Å². The van der Waals surface area contributed by atoms with Crippen molar-refractivity contribution in [3.63, 3.8) is 0 Å². The number of nitrogens with one attached hydrogen (secondary N) is 1. The Bertz CT molecular complexity index is 1300. The van der Waals surface area contributed by atoms with E-state index in [1.54, 1.807) is 7.05 Å². The summed E-state index contributed by atoms with van der Waals surface area (Å²) in [7, 11) is -2.24. The van der Waals surface area contributed by atoms with E-state index >= 15 is 0 Å². The van der Waals surface area contributed by atoms with Crippen LogP contribution in [0, 0.1) is 0 Å². The predicted molar refractivity (Wildman–Crippen MR) is 126 cm³/mol. The molecule has 0 radical (unpaired) electrons. The number of sulfonamides is 1. The summed E-state index contributed by atoms with van der Waals surface area (Å²) in [6.45, 7) is 1.28. The maximum Gasteiger partial charge on any atom is 0.417 e. The number of amides is 1. The lowest BCUT2D eigenvalue weighted by Gasteiger charge is -2.45. The summed E-state index contributed by atoms with van der Waals surface area (Å²) in [6, 6.07) is 0.947. The molecule has 2 fully saturated rings. The molecule has 216 valence electrons. The Morgan fingerprint density at radius 1 is 1.03 bits per heavy atom. The molecule has 0 unspecified atom stereocenters. The van der Waals surface area contributed by atoms with Crippen molar-refractivity contribution in [2.45, 2.75) is 55.0 Å². The molecule has 1 saturated heterocycles. The molecule has 16 heteroatoms. The van der Waals surface area contributed by atoms with Gasteiger partial charge in [-0.2, -0.15) is 30.6 Å². The van der Waals surface area contributed by atoms with Crippen LogP contribution in [0.2, 0.25) is 0 Å². The van der Waals surface area contributed by atoms with Crippen molar-refractivity contribution < 1.29 is 39.6 Å². The molecule has 2 aliphatic rings. The number of benzene rings is 1. The number of alkyl halides is 6. The molecule has 39 heavy (non-hydrogen) atoms. The lowest BCUT2D eigenvalue weighted by Crippen LogP contribution is -2.57. The van der Waals surface area contributed by atoms with Crippen LogP contribution in [-0.2, 0) is 29.4 Å². The lowest BCUT2D eigenvalue weighted by atomic mass is 9.90. The largest absolute Gasteiger partial charge is 0.417 e. The van der Waals surface area contributed by atoms with Crippen molar-refractivity contribution in [3.05, 3.63) is 41.1 Å². The van der Waals surface area contributed by atoms with Crippen LogP contribution in [-0.4, -0.2) is 76.8 Å². The summed E-state index contributed by atoms with van der Waals surface area (Å²) >= 11 is 0. The number of carbonyl (C=O) groups excluding carboxylic acids is 1. The number of aryl methyl sites for hydroxylation is 1. The summed E-state index contributed by atoms with van der Waals surface area (Å²) < 4.78 is 108. The van der Waals surface area contributed by atoms with Crippen molar-refractivity contribution in [2.24, 2.45) is 7.05 Å². The van der Waals surface area contributed by atoms with E-state index in [0.29, 0.717) is 31.6 Å². The van der Waals surface area contributed by atoms with Gasteiger partial charge in [0.1, 0.15) is 0 Å². The molecule has 1 saturated carbocycles. The molecule has 0 spiro atoms. The summed E-state index contributed by atoms with van der Waals surface area (Å²) in [5, 5.41) is 9.68. The number of carbonyl (C=O) groups is 1. The van der Waals surface area contributed by atoms with Gasteiger partial charge in [0.25, 0.3) is 15.9 Å². The summed E-state index contributed by atoms with van der Waals surface area (Å²) in [4.78, 5) is 14.8. The predicted octanol–water partition coefficient (Wildman–Crippen LogP) is 3.29. The SMILES string of the molecule is Cn1cc(S(=O)(=O)N2CCN(C3(CCNC(=O)c4ccc(C(F)(F)F)cc4C(F)(F)F)CCCC3)CC2)nn1. The van der Waals surface area contributed by atoms with E-state index in [4.69, 9.17) is 0 Å². The number of rotatable bonds is 7. The highest BCUT2D eigenvalue weighted by Crippen LogP contribution is 2.40. The number of piperazine rings is 1. The molecule has 1 amide bonds. The van der Waals surface area contributed by atoms with Crippen molar-refractivity contribution >= 4 is 15.9 Å². The zero-order valence-corrected chi connectivity index (χ0v) is 21.8. The van der Waals surface area contributed by atoms with Gasteiger partial charge in [-0.15, -0.1) is 5.10 Å². The Balaban J connectivity index is 1.41. The smallest absolute Gasteiger partial charge is 0.352 e. The summed E-state index contributed by atoms with van der Waals surface area (Å²) in [5.41, 5.74) is -4.38. The molecule has 1 aromatic heterocycles. The third-order valence-corrected chi connectivity index (χ3v) is 9.16. The van der Waals surface area contributed by atoms with Crippen LogP contribution >= 0.6 is 0 Å². The van der Waals surface area contributed by atoms with Gasteiger partial charge in [-0.3, -0.25) is 14.4 Å². The highest BCUT2D eigenvalue weighted by molar-refractivity contribution is 7.89. The average Bonchev–Trinajstić information content (AvgIpc) is 3.53. The Morgan fingerprint density at radius 2 is 1.67 bits per heavy atom. The average molecular weight is 583 g/mol. The van der Waals surface area contributed by atoms with Gasteiger partial charge in [0, 0.05) is 45.3 Å². The Morgan fingerprint density at radius 3 is 2.21 bits per heavy atom. The molecule has 0 atom stereocenters. The molecule has 1 aliphatic carbocycles. The second-order valence-corrected chi connectivity index (χ2v) is 11.7. The first-order chi connectivity index (χ1) is 18.1. The van der Waals surface area contributed by atoms with E-state index < -0.39 is 45.0 Å². The molecule has 1 aliphatic heterocycles. The second kappa shape index (κ2) is 10.7. The van der Waals surface area contributed by atoms with E-state index in [0.717, 1.165) is 25.7 Å². The first kappa shape index (κ1) is 29.3. The van der Waals surface area contributed by atoms with Crippen LogP contribution in [0.1, 0.15) is 53.6 Å². The molecule has 4 rings (SSSR count). The monoisotopic (exact) mass is 582 g/mol. The van der Waals surface area contributed by atoms with Gasteiger partial charge in [0.2, 0.25) is 5.03 Å². The van der Waals surface area contributed by atoms with Crippen molar-refractivity contribution in [1.29, 1.82) is 0 Å². The molecule has 2 aromatic rings. The van der Waals surface area contributed by atoms with Gasteiger partial charge in [0.05, 0.1) is 22.9 Å². The fourth-order valence-electron chi connectivity index (χ4n) is 5.39. The van der Waals surface area contributed by atoms with Gasteiger partial charge < -0.3 is 5.32 Å². The minimum Gasteiger partial charge on any atom is -0.352 e. The third kappa shape index (κ3) is 6.22. The van der Waals surface area contributed by atoms with Gasteiger partial charge in [-0.25, -0.2) is 8.42 Å². The van der Waals surface area contributed by atoms with Crippen LogP contribution in [0.3, 0.4) is 0 Å². The number of halogens is 6. The summed E-state index contributed by atoms with van der Waals surface area (Å²) in [5.74, 6) is -1.11. The standard InChI is InChI=1S/C23H28F6N6O3S/c1-33-15-19(31-32-33)39(37,38)35-12-10-34(11-13-35)21(6-2-3-7-21)8-9-30-20(36)17-5-4-16(22(24,25)26)14-18(17)23(27,28)29/h4-5,14-15H,2-3,6-13H2,1H3,(H,30,36). The Labute approximate surface area is 221 Å². The molecule has 9 nitrogen and oxygen atoms in total. The molecule has 1 aromatic carbocycles. The van der Waals surface area contributed by atoms with E-state index in [2.05, 4.69) is 20.5 Å². The normalized spacial score (nSPS) is 19.4. The van der Waals surface area contributed by atoms with E-state index in [1.165, 1.54) is 15.2 Å². The number of hydrogen-bond acceptors (Lipinski definition) is 6. The fraction of sp³-hybridized carbons (Fsp3) is 0.609. The lowest BCUT2D eigenvalue weighted by molar-refractivity contribution is -0.143. The zero-order chi connectivity index (χ0) is 28.6. The van der Waals surface area contributed by atoms with Crippen molar-refractivity contribution in [3.8, 4) is 0 Å². The van der Waals surface area contributed by atoms with Crippen molar-refractivity contribution in [2.75, 3.05) is 32.7 Å². The van der Waals surface area contributed by atoms with Crippen LogP contribution in [0.4, 0.5) is 26.3 Å². The molecular formula is C23H28F6N6O3S. The maximum absolute atomic E-state index is 13.5. The summed E-state index contributed by atoms with van der Waals surface area (Å²) in [6.07, 6.45) is -5.05. The second-order valence-electron chi connectivity index (χ2n) is 9.81. The fourth-order valence-corrected chi connectivity index (χ4v) is 6.73. The van der Waals surface area contributed by atoms with E-state index in [9.17, 15) is 39.6 Å². The van der Waals surface area contributed by atoms with Gasteiger partial charge in [0.15, 0.2) is 0 Å². The van der Waals surface area contributed by atoms with Crippen LogP contribution < -0.4 is 5.32 Å². The first-order valence-electron chi connectivity index (χ1n) is 12.3. The van der Waals surface area contributed by atoms with Gasteiger partial charge >= 0.3 is 12.4 Å². The van der Waals surface area contributed by atoms with E-state index in [1.807, 2.05) is 0 Å². The molecular weight excluding hydrogens is 554 g/mol. The van der Waals surface area contributed by atoms with E-state index in [-0.39, 0.29) is 36.3 Å².